The molecular weight excluding hydrogens is 412 g/mol. The number of anilines is 1. The van der Waals surface area contributed by atoms with E-state index in [0.29, 0.717) is 18.3 Å². The van der Waals surface area contributed by atoms with Crippen molar-refractivity contribution in [2.75, 3.05) is 18.0 Å². The summed E-state index contributed by atoms with van der Waals surface area (Å²) >= 11 is 0. The van der Waals surface area contributed by atoms with Crippen LogP contribution in [0.15, 0.2) is 12.3 Å². The van der Waals surface area contributed by atoms with E-state index in [-0.39, 0.29) is 11.2 Å². The summed E-state index contributed by atoms with van der Waals surface area (Å²) in [5.41, 5.74) is 2.37. The Balaban J connectivity index is 1.53. The first-order chi connectivity index (χ1) is 15.2. The van der Waals surface area contributed by atoms with Crippen LogP contribution in [0, 0.1) is 18.8 Å². The van der Waals surface area contributed by atoms with Crippen molar-refractivity contribution in [3.63, 3.8) is 0 Å². The monoisotopic (exact) mass is 456 g/mol. The normalized spacial score (nSPS) is 22.5. The van der Waals surface area contributed by atoms with Crippen molar-refractivity contribution in [2.45, 2.75) is 123 Å². The van der Waals surface area contributed by atoms with Gasteiger partial charge in [-0.3, -0.25) is 0 Å². The van der Waals surface area contributed by atoms with Gasteiger partial charge in [0.2, 0.25) is 0 Å². The van der Waals surface area contributed by atoms with Crippen molar-refractivity contribution in [3.8, 4) is 11.8 Å². The molecule has 1 aromatic rings. The van der Waals surface area contributed by atoms with Gasteiger partial charge in [-0.2, -0.15) is 0 Å². The fraction of sp³-hybridized carbons (Fsp3) is 0.750. The SMILES string of the molecule is Cc1cnc(C#CC(C)(C)OC(C)(C)C)cc1N1CCC(OC2CC(OC(C)(C)C)C2)CC1. The molecule has 0 radical (unpaired) electrons. The molecule has 184 valence electrons. The summed E-state index contributed by atoms with van der Waals surface area (Å²) in [6.07, 6.45) is 7.15. The van der Waals surface area contributed by atoms with Crippen LogP contribution in [0.5, 0.6) is 0 Å². The van der Waals surface area contributed by atoms with E-state index in [4.69, 9.17) is 14.2 Å². The summed E-state index contributed by atoms with van der Waals surface area (Å²) in [7, 11) is 0. The summed E-state index contributed by atoms with van der Waals surface area (Å²) in [5, 5.41) is 0. The summed E-state index contributed by atoms with van der Waals surface area (Å²) in [5.74, 6) is 6.49. The van der Waals surface area contributed by atoms with Gasteiger partial charge in [0, 0.05) is 25.0 Å². The van der Waals surface area contributed by atoms with Gasteiger partial charge in [0.25, 0.3) is 0 Å². The zero-order valence-electron chi connectivity index (χ0n) is 22.2. The number of hydrogen-bond donors (Lipinski definition) is 0. The molecule has 0 atom stereocenters. The number of ether oxygens (including phenoxy) is 3. The average Bonchev–Trinajstić information content (AvgIpc) is 2.63. The molecule has 2 aliphatic rings. The molecule has 1 saturated heterocycles. The van der Waals surface area contributed by atoms with Crippen molar-refractivity contribution in [1.29, 1.82) is 0 Å². The highest BCUT2D eigenvalue weighted by atomic mass is 16.5. The Morgan fingerprint density at radius 2 is 1.55 bits per heavy atom. The minimum Gasteiger partial charge on any atom is -0.375 e. The number of nitrogens with zero attached hydrogens (tertiary/aromatic N) is 2. The van der Waals surface area contributed by atoms with Crippen molar-refractivity contribution < 1.29 is 14.2 Å². The van der Waals surface area contributed by atoms with Gasteiger partial charge in [-0.1, -0.05) is 5.92 Å². The molecule has 0 aromatic carbocycles. The average molecular weight is 457 g/mol. The molecule has 5 heteroatoms. The molecule has 0 unspecified atom stereocenters. The molecule has 1 aromatic heterocycles. The molecule has 0 bridgehead atoms. The lowest BCUT2D eigenvalue weighted by Gasteiger charge is -2.42. The quantitative estimate of drug-likeness (QED) is 0.534. The van der Waals surface area contributed by atoms with Gasteiger partial charge in [0.05, 0.1) is 29.5 Å². The van der Waals surface area contributed by atoms with Crippen LogP contribution in [0.2, 0.25) is 0 Å². The first-order valence-electron chi connectivity index (χ1n) is 12.5. The fourth-order valence-corrected chi connectivity index (χ4v) is 4.66. The van der Waals surface area contributed by atoms with Crippen LogP contribution in [-0.4, -0.2) is 53.2 Å². The van der Waals surface area contributed by atoms with Crippen molar-refractivity contribution >= 4 is 5.69 Å². The number of hydrogen-bond acceptors (Lipinski definition) is 5. The molecule has 0 N–H and O–H groups in total. The van der Waals surface area contributed by atoms with Crippen molar-refractivity contribution in [1.82, 2.24) is 4.98 Å². The maximum Gasteiger partial charge on any atom is 0.124 e. The second kappa shape index (κ2) is 9.94. The lowest BCUT2D eigenvalue weighted by molar-refractivity contribution is -0.164. The molecular formula is C28H44N2O3. The molecule has 33 heavy (non-hydrogen) atoms. The lowest BCUT2D eigenvalue weighted by Crippen LogP contribution is -2.45. The maximum atomic E-state index is 6.37. The van der Waals surface area contributed by atoms with Crippen LogP contribution in [0.4, 0.5) is 5.69 Å². The van der Waals surface area contributed by atoms with Gasteiger partial charge in [-0.25, -0.2) is 4.98 Å². The van der Waals surface area contributed by atoms with Crippen LogP contribution in [0.3, 0.4) is 0 Å². The van der Waals surface area contributed by atoms with Gasteiger partial charge in [0.1, 0.15) is 11.3 Å². The predicted molar refractivity (Wildman–Crippen MR) is 135 cm³/mol. The van der Waals surface area contributed by atoms with E-state index in [2.05, 4.69) is 76.3 Å². The molecule has 1 aliphatic carbocycles. The number of aromatic nitrogens is 1. The van der Waals surface area contributed by atoms with Gasteiger partial charge in [-0.15, -0.1) is 0 Å². The van der Waals surface area contributed by atoms with Crippen LogP contribution in [0.25, 0.3) is 0 Å². The standard InChI is InChI=1S/C28H44N2O3/c1-20-19-29-21(10-13-28(8,9)33-27(5,6)7)16-25(20)30-14-11-22(12-15-30)31-23-17-24(18-23)32-26(2,3)4/h16,19,22-24H,11-12,14-15,17-18H2,1-9H3. The third kappa shape index (κ3) is 8.28. The number of rotatable bonds is 5. The number of pyridine rings is 1. The highest BCUT2D eigenvalue weighted by molar-refractivity contribution is 5.55. The second-order valence-corrected chi connectivity index (χ2v) is 12.1. The van der Waals surface area contributed by atoms with E-state index >= 15 is 0 Å². The molecule has 2 heterocycles. The first-order valence-corrected chi connectivity index (χ1v) is 12.5. The third-order valence-corrected chi connectivity index (χ3v) is 5.87. The molecule has 5 nitrogen and oxygen atoms in total. The van der Waals surface area contributed by atoms with E-state index in [1.807, 2.05) is 20.0 Å². The topological polar surface area (TPSA) is 43.8 Å². The van der Waals surface area contributed by atoms with Crippen LogP contribution in [0.1, 0.15) is 92.3 Å². The Labute approximate surface area is 201 Å². The van der Waals surface area contributed by atoms with Crippen molar-refractivity contribution in [2.24, 2.45) is 0 Å². The van der Waals surface area contributed by atoms with Gasteiger partial charge in [-0.05, 0) is 106 Å². The zero-order valence-corrected chi connectivity index (χ0v) is 22.2. The summed E-state index contributed by atoms with van der Waals surface area (Å²) in [6.45, 7) is 20.6. The van der Waals surface area contributed by atoms with Crippen LogP contribution < -0.4 is 4.90 Å². The van der Waals surface area contributed by atoms with E-state index in [1.165, 1.54) is 11.3 Å². The first kappa shape index (κ1) is 26.0. The van der Waals surface area contributed by atoms with E-state index < -0.39 is 5.60 Å². The highest BCUT2D eigenvalue weighted by Gasteiger charge is 2.36. The third-order valence-electron chi connectivity index (χ3n) is 5.87. The lowest BCUT2D eigenvalue weighted by atomic mass is 9.90. The zero-order chi connectivity index (χ0) is 24.4. The largest absolute Gasteiger partial charge is 0.375 e. The maximum absolute atomic E-state index is 6.37. The fourth-order valence-electron chi connectivity index (χ4n) is 4.66. The predicted octanol–water partition coefficient (Wildman–Crippen LogP) is 5.67. The Morgan fingerprint density at radius 3 is 2.12 bits per heavy atom. The molecule has 0 amide bonds. The van der Waals surface area contributed by atoms with E-state index in [9.17, 15) is 0 Å². The Morgan fingerprint density at radius 1 is 0.909 bits per heavy atom. The Kier molecular flexibility index (Phi) is 7.83. The second-order valence-electron chi connectivity index (χ2n) is 12.1. The van der Waals surface area contributed by atoms with Crippen LogP contribution in [-0.2, 0) is 14.2 Å². The van der Waals surface area contributed by atoms with Crippen molar-refractivity contribution in [3.05, 3.63) is 23.5 Å². The summed E-state index contributed by atoms with van der Waals surface area (Å²) in [4.78, 5) is 7.00. The Bertz CT molecular complexity index is 856. The van der Waals surface area contributed by atoms with Gasteiger partial charge in [0.15, 0.2) is 0 Å². The molecule has 1 saturated carbocycles. The van der Waals surface area contributed by atoms with Gasteiger partial charge < -0.3 is 19.1 Å². The molecule has 1 aliphatic heterocycles. The van der Waals surface area contributed by atoms with E-state index in [0.717, 1.165) is 44.5 Å². The van der Waals surface area contributed by atoms with E-state index in [1.54, 1.807) is 0 Å². The minimum atomic E-state index is -0.529. The van der Waals surface area contributed by atoms with Gasteiger partial charge >= 0.3 is 0 Å². The number of aryl methyl sites for hydroxylation is 1. The number of piperidine rings is 1. The molecule has 2 fully saturated rings. The summed E-state index contributed by atoms with van der Waals surface area (Å²) in [6, 6.07) is 2.12. The molecule has 3 rings (SSSR count). The summed E-state index contributed by atoms with van der Waals surface area (Å²) < 4.78 is 18.5. The smallest absolute Gasteiger partial charge is 0.124 e. The Hall–Kier alpha value is -1.61. The van der Waals surface area contributed by atoms with Crippen LogP contribution >= 0.6 is 0 Å². The molecule has 0 spiro atoms. The minimum absolute atomic E-state index is 0.0675. The highest BCUT2D eigenvalue weighted by Crippen LogP contribution is 2.33.